The number of thiazole rings is 1. The first-order valence-corrected chi connectivity index (χ1v) is 7.69. The van der Waals surface area contributed by atoms with Gasteiger partial charge in [-0.2, -0.15) is 5.26 Å². The molecule has 0 bridgehead atoms. The summed E-state index contributed by atoms with van der Waals surface area (Å²) in [4.78, 5) is 16.3. The average molecular weight is 312 g/mol. The molecule has 1 aromatic carbocycles. The third kappa shape index (κ3) is 3.71. The van der Waals surface area contributed by atoms with Crippen molar-refractivity contribution in [1.82, 2.24) is 4.98 Å². The standard InChI is InChI=1S/C16H16N4OS/c1-3-12-6-4-5-11(2)14(12)20-15(21)13(9-17)10-19-16-18-7-8-22-16/h4-8,10H,3H2,1-2H3,(H,18,19)(H,20,21)/b13-10-. The minimum Gasteiger partial charge on any atom is -0.337 e. The van der Waals surface area contributed by atoms with Gasteiger partial charge in [0.25, 0.3) is 5.91 Å². The molecule has 0 saturated carbocycles. The molecule has 22 heavy (non-hydrogen) atoms. The highest BCUT2D eigenvalue weighted by molar-refractivity contribution is 7.13. The van der Waals surface area contributed by atoms with Gasteiger partial charge in [-0.3, -0.25) is 4.79 Å². The zero-order valence-corrected chi connectivity index (χ0v) is 13.2. The number of rotatable bonds is 5. The van der Waals surface area contributed by atoms with E-state index >= 15 is 0 Å². The Morgan fingerprint density at radius 2 is 2.32 bits per heavy atom. The molecule has 6 heteroatoms. The van der Waals surface area contributed by atoms with Crippen molar-refractivity contribution in [2.75, 3.05) is 10.6 Å². The number of hydrogen-bond donors (Lipinski definition) is 2. The number of carbonyl (C=O) groups is 1. The Labute approximate surface area is 133 Å². The van der Waals surface area contributed by atoms with Gasteiger partial charge < -0.3 is 10.6 Å². The van der Waals surface area contributed by atoms with Crippen molar-refractivity contribution in [2.45, 2.75) is 20.3 Å². The highest BCUT2D eigenvalue weighted by atomic mass is 32.1. The van der Waals surface area contributed by atoms with Gasteiger partial charge in [0.2, 0.25) is 0 Å². The van der Waals surface area contributed by atoms with Crippen LogP contribution in [0.5, 0.6) is 0 Å². The van der Waals surface area contributed by atoms with Crippen LogP contribution < -0.4 is 10.6 Å². The molecule has 1 aromatic heterocycles. The van der Waals surface area contributed by atoms with E-state index in [1.807, 2.05) is 43.5 Å². The van der Waals surface area contributed by atoms with Gasteiger partial charge in [-0.25, -0.2) is 4.98 Å². The topological polar surface area (TPSA) is 77.8 Å². The number of nitriles is 1. The number of amides is 1. The maximum absolute atomic E-state index is 12.3. The minimum atomic E-state index is -0.435. The Bertz CT molecular complexity index is 729. The molecule has 0 spiro atoms. The second kappa shape index (κ2) is 7.38. The summed E-state index contributed by atoms with van der Waals surface area (Å²) in [6.07, 6.45) is 3.83. The lowest BCUT2D eigenvalue weighted by Gasteiger charge is -2.12. The zero-order valence-electron chi connectivity index (χ0n) is 12.4. The van der Waals surface area contributed by atoms with Crippen LogP contribution in [0.15, 0.2) is 41.5 Å². The molecule has 0 aliphatic carbocycles. The van der Waals surface area contributed by atoms with Gasteiger partial charge in [0, 0.05) is 23.5 Å². The van der Waals surface area contributed by atoms with E-state index in [1.165, 1.54) is 17.5 Å². The zero-order chi connectivity index (χ0) is 15.9. The second-order valence-electron chi connectivity index (χ2n) is 4.57. The largest absolute Gasteiger partial charge is 0.337 e. The summed E-state index contributed by atoms with van der Waals surface area (Å²) in [5, 5.41) is 17.3. The number of nitrogens with zero attached hydrogens (tertiary/aromatic N) is 2. The van der Waals surface area contributed by atoms with Gasteiger partial charge in [0.15, 0.2) is 5.13 Å². The number of carbonyl (C=O) groups excluding carboxylic acids is 1. The quantitative estimate of drug-likeness (QED) is 0.654. The lowest BCUT2D eigenvalue weighted by atomic mass is 10.1. The molecule has 0 atom stereocenters. The van der Waals surface area contributed by atoms with Crippen LogP contribution in [0, 0.1) is 18.3 Å². The first-order valence-electron chi connectivity index (χ1n) is 6.81. The van der Waals surface area contributed by atoms with Crippen molar-refractivity contribution in [3.8, 4) is 6.07 Å². The van der Waals surface area contributed by atoms with Crippen LogP contribution in [-0.2, 0) is 11.2 Å². The summed E-state index contributed by atoms with van der Waals surface area (Å²) in [6, 6.07) is 7.75. The molecule has 5 nitrogen and oxygen atoms in total. The van der Waals surface area contributed by atoms with Gasteiger partial charge in [0.05, 0.1) is 0 Å². The average Bonchev–Trinajstić information content (AvgIpc) is 3.03. The first-order chi connectivity index (χ1) is 10.7. The van der Waals surface area contributed by atoms with Gasteiger partial charge in [0.1, 0.15) is 11.6 Å². The number of aromatic nitrogens is 1. The van der Waals surface area contributed by atoms with E-state index in [4.69, 9.17) is 5.26 Å². The van der Waals surface area contributed by atoms with Crippen molar-refractivity contribution in [3.63, 3.8) is 0 Å². The molecule has 0 unspecified atom stereocenters. The van der Waals surface area contributed by atoms with Crippen LogP contribution in [0.2, 0.25) is 0 Å². The normalized spacial score (nSPS) is 10.9. The van der Waals surface area contributed by atoms with E-state index < -0.39 is 5.91 Å². The van der Waals surface area contributed by atoms with Crippen molar-refractivity contribution < 1.29 is 4.79 Å². The molecule has 2 aromatic rings. The Hall–Kier alpha value is -2.65. The Balaban J connectivity index is 2.17. The van der Waals surface area contributed by atoms with Crippen LogP contribution in [0.25, 0.3) is 0 Å². The molecule has 0 fully saturated rings. The number of nitrogens with one attached hydrogen (secondary N) is 2. The van der Waals surface area contributed by atoms with Crippen molar-refractivity contribution in [2.24, 2.45) is 0 Å². The van der Waals surface area contributed by atoms with Crippen LogP contribution in [0.3, 0.4) is 0 Å². The Kier molecular flexibility index (Phi) is 5.28. The van der Waals surface area contributed by atoms with E-state index in [0.717, 1.165) is 23.2 Å². The maximum Gasteiger partial charge on any atom is 0.267 e. The molecule has 0 aliphatic heterocycles. The van der Waals surface area contributed by atoms with Crippen molar-refractivity contribution in [3.05, 3.63) is 52.7 Å². The van der Waals surface area contributed by atoms with Gasteiger partial charge in [-0.15, -0.1) is 11.3 Å². The molecule has 0 aliphatic rings. The molecular weight excluding hydrogens is 296 g/mol. The molecule has 1 amide bonds. The summed E-state index contributed by atoms with van der Waals surface area (Å²) >= 11 is 1.39. The molecule has 112 valence electrons. The summed E-state index contributed by atoms with van der Waals surface area (Å²) in [6.45, 7) is 3.95. The summed E-state index contributed by atoms with van der Waals surface area (Å²) in [5.41, 5.74) is 2.78. The number of para-hydroxylation sites is 1. The lowest BCUT2D eigenvalue weighted by molar-refractivity contribution is -0.112. The molecule has 0 saturated heterocycles. The first kappa shape index (κ1) is 15.7. The van der Waals surface area contributed by atoms with Crippen molar-refractivity contribution in [1.29, 1.82) is 5.26 Å². The molecule has 0 radical (unpaired) electrons. The van der Waals surface area contributed by atoms with E-state index in [9.17, 15) is 4.79 Å². The molecule has 1 heterocycles. The maximum atomic E-state index is 12.3. The minimum absolute atomic E-state index is 0.000469. The third-order valence-corrected chi connectivity index (χ3v) is 3.82. The van der Waals surface area contributed by atoms with E-state index in [-0.39, 0.29) is 5.57 Å². The predicted molar refractivity (Wildman–Crippen MR) is 88.6 cm³/mol. The SMILES string of the molecule is CCc1cccc(C)c1NC(=O)/C(C#N)=C\Nc1nccs1. The fourth-order valence-corrected chi connectivity index (χ4v) is 2.46. The van der Waals surface area contributed by atoms with Crippen LogP contribution in [-0.4, -0.2) is 10.9 Å². The monoisotopic (exact) mass is 312 g/mol. The Morgan fingerprint density at radius 3 is 2.95 bits per heavy atom. The number of anilines is 2. The van der Waals surface area contributed by atoms with Gasteiger partial charge >= 0.3 is 0 Å². The lowest BCUT2D eigenvalue weighted by Crippen LogP contribution is -2.16. The van der Waals surface area contributed by atoms with Crippen LogP contribution in [0.1, 0.15) is 18.1 Å². The van der Waals surface area contributed by atoms with Crippen molar-refractivity contribution >= 4 is 28.1 Å². The smallest absolute Gasteiger partial charge is 0.267 e. The molecular formula is C16H16N4OS. The number of aryl methyl sites for hydroxylation is 2. The van der Waals surface area contributed by atoms with Crippen LogP contribution >= 0.6 is 11.3 Å². The summed E-state index contributed by atoms with van der Waals surface area (Å²) in [7, 11) is 0. The second-order valence-corrected chi connectivity index (χ2v) is 5.46. The van der Waals surface area contributed by atoms with Crippen LogP contribution in [0.4, 0.5) is 10.8 Å². The van der Waals surface area contributed by atoms with Gasteiger partial charge in [-0.1, -0.05) is 25.1 Å². The summed E-state index contributed by atoms with van der Waals surface area (Å²) < 4.78 is 0. The fourth-order valence-electron chi connectivity index (χ4n) is 1.96. The Morgan fingerprint density at radius 1 is 1.50 bits per heavy atom. The summed E-state index contributed by atoms with van der Waals surface area (Å²) in [5.74, 6) is -0.435. The van der Waals surface area contributed by atoms with E-state index in [1.54, 1.807) is 6.20 Å². The number of benzene rings is 1. The third-order valence-electron chi connectivity index (χ3n) is 3.12. The molecule has 2 N–H and O–H groups in total. The fraction of sp³-hybridized carbons (Fsp3) is 0.188. The highest BCUT2D eigenvalue weighted by Crippen LogP contribution is 2.21. The van der Waals surface area contributed by atoms with Gasteiger partial charge in [-0.05, 0) is 24.5 Å². The predicted octanol–water partition coefficient (Wildman–Crippen LogP) is 3.47. The van der Waals surface area contributed by atoms with E-state index in [2.05, 4.69) is 15.6 Å². The highest BCUT2D eigenvalue weighted by Gasteiger charge is 2.13. The van der Waals surface area contributed by atoms with E-state index in [0.29, 0.717) is 5.13 Å². The number of hydrogen-bond acceptors (Lipinski definition) is 5. The molecule has 2 rings (SSSR count).